The van der Waals surface area contributed by atoms with Gasteiger partial charge in [0.15, 0.2) is 0 Å². The van der Waals surface area contributed by atoms with E-state index in [0.29, 0.717) is 11.6 Å². The summed E-state index contributed by atoms with van der Waals surface area (Å²) in [6.07, 6.45) is 2.66. The Hall–Kier alpha value is -3.89. The van der Waals surface area contributed by atoms with Crippen molar-refractivity contribution < 1.29 is 14.1 Å². The van der Waals surface area contributed by atoms with Gasteiger partial charge in [-0.25, -0.2) is 9.79 Å². The Kier molecular flexibility index (Phi) is 5.09. The van der Waals surface area contributed by atoms with E-state index in [1.165, 1.54) is 24.5 Å². The van der Waals surface area contributed by atoms with Gasteiger partial charge in [-0.15, -0.1) is 0 Å². The minimum atomic E-state index is -0.593. The predicted octanol–water partition coefficient (Wildman–Crippen LogP) is 4.62. The number of rotatable bonds is 4. The first kappa shape index (κ1) is 19.4. The van der Waals surface area contributed by atoms with Gasteiger partial charge in [-0.2, -0.15) is 0 Å². The molecule has 2 heterocycles. The lowest BCUT2D eigenvalue weighted by molar-refractivity contribution is -0.384. The lowest BCUT2D eigenvalue weighted by Crippen LogP contribution is -2.35. The van der Waals surface area contributed by atoms with Crippen LogP contribution in [0.25, 0.3) is 0 Å². The second-order valence-corrected chi connectivity index (χ2v) is 6.73. The van der Waals surface area contributed by atoms with E-state index in [4.69, 9.17) is 21.8 Å². The Morgan fingerprint density at radius 2 is 1.97 bits per heavy atom. The molecule has 0 saturated carbocycles. The van der Waals surface area contributed by atoms with E-state index >= 15 is 0 Å². The Bertz CT molecular complexity index is 1140. The maximum atomic E-state index is 12.2. The highest BCUT2D eigenvalue weighted by Crippen LogP contribution is 2.34. The average Bonchev–Trinajstić information content (AvgIpc) is 3.20. The van der Waals surface area contributed by atoms with E-state index in [-0.39, 0.29) is 16.4 Å². The van der Waals surface area contributed by atoms with Crippen molar-refractivity contribution in [3.63, 3.8) is 0 Å². The van der Waals surface area contributed by atoms with E-state index < -0.39 is 17.1 Å². The number of halogens is 1. The summed E-state index contributed by atoms with van der Waals surface area (Å²) in [7, 11) is 0. The molecule has 0 fully saturated rings. The summed E-state index contributed by atoms with van der Waals surface area (Å²) in [4.78, 5) is 28.6. The zero-order valence-corrected chi connectivity index (χ0v) is 16.0. The fourth-order valence-corrected chi connectivity index (χ4v) is 3.09. The minimum absolute atomic E-state index is 0.131. The van der Waals surface area contributed by atoms with Gasteiger partial charge in [-0.05, 0) is 36.4 Å². The molecule has 0 spiro atoms. The molecule has 1 atom stereocenters. The summed E-state index contributed by atoms with van der Waals surface area (Å²) in [6, 6.07) is 11.9. The maximum absolute atomic E-state index is 12.2. The molecule has 2 aromatic carbocycles. The normalized spacial score (nSPS) is 14.9. The number of furan rings is 1. The van der Waals surface area contributed by atoms with E-state index in [2.05, 4.69) is 15.6 Å². The number of nitro benzene ring substituents is 1. The third kappa shape index (κ3) is 3.81. The van der Waals surface area contributed by atoms with Crippen LogP contribution in [-0.2, 0) is 0 Å². The zero-order valence-electron chi connectivity index (χ0n) is 15.3. The van der Waals surface area contributed by atoms with Crippen molar-refractivity contribution in [1.82, 2.24) is 0 Å². The van der Waals surface area contributed by atoms with Crippen molar-refractivity contribution in [1.29, 1.82) is 0 Å². The number of carbonyl (C=O) groups excluding carboxylic acids is 1. The number of anilines is 3. The Morgan fingerprint density at radius 3 is 2.70 bits per heavy atom. The lowest BCUT2D eigenvalue weighted by Gasteiger charge is -2.29. The maximum Gasteiger partial charge on any atom is 0.323 e. The van der Waals surface area contributed by atoms with Gasteiger partial charge in [0.2, 0.25) is 5.88 Å². The van der Waals surface area contributed by atoms with Crippen LogP contribution in [0.3, 0.4) is 0 Å². The van der Waals surface area contributed by atoms with Crippen molar-refractivity contribution >= 4 is 52.6 Å². The highest BCUT2D eigenvalue weighted by atomic mass is 35.5. The van der Waals surface area contributed by atoms with Gasteiger partial charge in [0.25, 0.3) is 5.69 Å². The van der Waals surface area contributed by atoms with Crippen LogP contribution in [0.1, 0.15) is 11.7 Å². The molecule has 1 aromatic heterocycles. The Morgan fingerprint density at radius 1 is 1.20 bits per heavy atom. The molecule has 3 aromatic rings. The van der Waals surface area contributed by atoms with Gasteiger partial charge in [0, 0.05) is 23.5 Å². The SMILES string of the molecule is NC1c2ccoc2N=CN1c1ccc(NC(=O)Nc2cc([N+](=O)[O-])ccc2Cl)cc1. The quantitative estimate of drug-likeness (QED) is 0.410. The number of urea groups is 1. The first-order chi connectivity index (χ1) is 14.4. The fourth-order valence-electron chi connectivity index (χ4n) is 2.93. The van der Waals surface area contributed by atoms with Gasteiger partial charge in [-0.1, -0.05) is 11.6 Å². The molecule has 0 saturated heterocycles. The number of amides is 2. The van der Waals surface area contributed by atoms with Crippen LogP contribution in [0, 0.1) is 10.1 Å². The number of non-ortho nitro benzene ring substituents is 1. The molecule has 4 rings (SSSR count). The van der Waals surface area contributed by atoms with E-state index in [1.54, 1.807) is 41.6 Å². The van der Waals surface area contributed by atoms with Gasteiger partial charge in [-0.3, -0.25) is 10.1 Å². The van der Waals surface area contributed by atoms with Crippen molar-refractivity contribution in [3.05, 3.63) is 75.5 Å². The molecule has 1 aliphatic heterocycles. The number of benzene rings is 2. The fraction of sp³-hybridized carbons (Fsp3) is 0.0526. The van der Waals surface area contributed by atoms with Crippen LogP contribution in [0.2, 0.25) is 5.02 Å². The number of hydrogen-bond donors (Lipinski definition) is 3. The molecule has 1 unspecified atom stereocenters. The van der Waals surface area contributed by atoms with E-state index in [0.717, 1.165) is 11.3 Å². The summed E-state index contributed by atoms with van der Waals surface area (Å²) in [5, 5.41) is 16.2. The monoisotopic (exact) mass is 426 g/mol. The standard InChI is InChI=1S/C19H15ClN6O4/c20-15-6-5-13(26(28)29)9-16(15)24-19(27)23-11-1-3-12(4-2-11)25-10-22-18-14(17(25)21)7-8-30-18/h1-10,17H,21H2,(H2,23,24,27). The lowest BCUT2D eigenvalue weighted by atomic mass is 10.2. The third-order valence-corrected chi connectivity index (χ3v) is 4.75. The number of nitrogens with zero attached hydrogens (tertiary/aromatic N) is 3. The molecule has 30 heavy (non-hydrogen) atoms. The molecule has 152 valence electrons. The number of carbonyl (C=O) groups is 1. The molecule has 1 aliphatic rings. The molecular formula is C19H15ClN6O4. The van der Waals surface area contributed by atoms with Gasteiger partial charge in [0.1, 0.15) is 12.5 Å². The number of fused-ring (bicyclic) bond motifs is 1. The topological polar surface area (TPSA) is 139 Å². The van der Waals surface area contributed by atoms with Crippen LogP contribution in [0.15, 0.2) is 64.2 Å². The molecule has 0 aliphatic carbocycles. The Labute approximate surface area is 175 Å². The molecule has 10 nitrogen and oxygen atoms in total. The first-order valence-electron chi connectivity index (χ1n) is 8.70. The molecule has 0 bridgehead atoms. The van der Waals surface area contributed by atoms with Crippen LogP contribution >= 0.6 is 11.6 Å². The second kappa shape index (κ2) is 7.85. The number of nitrogens with two attached hydrogens (primary N) is 1. The van der Waals surface area contributed by atoms with E-state index in [1.807, 2.05) is 0 Å². The van der Waals surface area contributed by atoms with Crippen molar-refractivity contribution in [2.45, 2.75) is 6.17 Å². The summed E-state index contributed by atoms with van der Waals surface area (Å²) in [5.41, 5.74) is 8.25. The molecule has 4 N–H and O–H groups in total. The zero-order chi connectivity index (χ0) is 21.3. The van der Waals surface area contributed by atoms with Crippen molar-refractivity contribution in [2.24, 2.45) is 10.7 Å². The average molecular weight is 427 g/mol. The smallest absolute Gasteiger partial charge is 0.323 e. The van der Waals surface area contributed by atoms with Crippen molar-refractivity contribution in [2.75, 3.05) is 15.5 Å². The molecule has 0 radical (unpaired) electrons. The first-order valence-corrected chi connectivity index (χ1v) is 9.07. The third-order valence-electron chi connectivity index (χ3n) is 4.42. The summed E-state index contributed by atoms with van der Waals surface area (Å²) >= 11 is 5.99. The van der Waals surface area contributed by atoms with Crippen LogP contribution in [0.4, 0.5) is 33.4 Å². The van der Waals surface area contributed by atoms with Crippen LogP contribution in [0.5, 0.6) is 0 Å². The summed E-state index contributed by atoms with van der Waals surface area (Å²) in [5.74, 6) is 0.480. The van der Waals surface area contributed by atoms with E-state index in [9.17, 15) is 14.9 Å². The minimum Gasteiger partial charge on any atom is -0.446 e. The second-order valence-electron chi connectivity index (χ2n) is 6.33. The number of aliphatic imine (C=N–C) groups is 1. The summed E-state index contributed by atoms with van der Waals surface area (Å²) < 4.78 is 5.25. The number of hydrogen-bond acceptors (Lipinski definition) is 7. The van der Waals surface area contributed by atoms with Gasteiger partial charge in [0.05, 0.1) is 27.5 Å². The van der Waals surface area contributed by atoms with Gasteiger partial charge >= 0.3 is 6.03 Å². The predicted molar refractivity (Wildman–Crippen MR) is 113 cm³/mol. The van der Waals surface area contributed by atoms with Gasteiger partial charge < -0.3 is 25.7 Å². The largest absolute Gasteiger partial charge is 0.446 e. The number of nitrogens with one attached hydrogen (secondary N) is 2. The summed E-state index contributed by atoms with van der Waals surface area (Å²) in [6.45, 7) is 0. The molecular weight excluding hydrogens is 412 g/mol. The molecule has 2 amide bonds. The number of nitro groups is 1. The van der Waals surface area contributed by atoms with Crippen LogP contribution in [-0.4, -0.2) is 17.3 Å². The van der Waals surface area contributed by atoms with Crippen LogP contribution < -0.4 is 21.3 Å². The Balaban J connectivity index is 1.43. The highest BCUT2D eigenvalue weighted by Gasteiger charge is 2.24. The van der Waals surface area contributed by atoms with Crippen molar-refractivity contribution in [3.8, 4) is 0 Å². The highest BCUT2D eigenvalue weighted by molar-refractivity contribution is 6.33. The molecule has 11 heteroatoms.